The maximum atomic E-state index is 12.6. The second-order valence-electron chi connectivity index (χ2n) is 3.64. The highest BCUT2D eigenvalue weighted by Gasteiger charge is 2.37. The molecule has 1 aromatic rings. The number of hydrogen-bond donors (Lipinski definition) is 2. The van der Waals surface area contributed by atoms with E-state index < -0.39 is 35.1 Å². The van der Waals surface area contributed by atoms with Crippen LogP contribution in [-0.2, 0) is 12.4 Å². The molecule has 0 spiro atoms. The fourth-order valence-corrected chi connectivity index (χ4v) is 1.43. The van der Waals surface area contributed by atoms with Gasteiger partial charge in [-0.3, -0.25) is 0 Å². The first-order valence-electron chi connectivity index (χ1n) is 4.81. The van der Waals surface area contributed by atoms with Gasteiger partial charge in [0.2, 0.25) is 0 Å². The Balaban J connectivity index is 0.00000324. The molecule has 0 aliphatic rings. The number of hydrogen-bond acceptors (Lipinski definition) is 2. The third-order valence-electron chi connectivity index (χ3n) is 2.34. The number of benzene rings is 1. The molecule has 0 heterocycles. The van der Waals surface area contributed by atoms with Crippen LogP contribution < -0.4 is 11.5 Å². The standard InChI is InChI=1S/C10H10F6N2.ClH/c11-9(12,13)5-1-2-7(10(14,15)16)6(3-5)8(18)4-17;/h1-3,8H,4,17-18H2;1H/t8-;/m1./s1. The molecule has 0 amide bonds. The van der Waals surface area contributed by atoms with Crippen LogP contribution >= 0.6 is 12.4 Å². The summed E-state index contributed by atoms with van der Waals surface area (Å²) in [7, 11) is 0. The summed E-state index contributed by atoms with van der Waals surface area (Å²) >= 11 is 0. The summed E-state index contributed by atoms with van der Waals surface area (Å²) in [6, 6.07) is -0.173. The Morgan fingerprint density at radius 3 is 1.89 bits per heavy atom. The SMILES string of the molecule is Cl.NC[C@@H](N)c1cc(C(F)(F)F)ccc1C(F)(F)F. The van der Waals surface area contributed by atoms with E-state index in [1.165, 1.54) is 0 Å². The Hall–Kier alpha value is -0.990. The Labute approximate surface area is 111 Å². The van der Waals surface area contributed by atoms with E-state index in [1.54, 1.807) is 0 Å². The molecule has 1 aromatic carbocycles. The molecule has 0 saturated heterocycles. The third-order valence-corrected chi connectivity index (χ3v) is 2.34. The van der Waals surface area contributed by atoms with E-state index >= 15 is 0 Å². The van der Waals surface area contributed by atoms with Crippen LogP contribution in [0.3, 0.4) is 0 Å². The van der Waals surface area contributed by atoms with E-state index in [0.717, 1.165) is 0 Å². The molecule has 0 aromatic heterocycles. The topological polar surface area (TPSA) is 52.0 Å². The third kappa shape index (κ3) is 4.26. The highest BCUT2D eigenvalue weighted by Crippen LogP contribution is 2.37. The molecule has 2 nitrogen and oxygen atoms in total. The predicted octanol–water partition coefficient (Wildman–Crippen LogP) is 3.10. The molecule has 9 heteroatoms. The van der Waals surface area contributed by atoms with Crippen LogP contribution in [0.4, 0.5) is 26.3 Å². The molecule has 0 bridgehead atoms. The monoisotopic (exact) mass is 308 g/mol. The van der Waals surface area contributed by atoms with Gasteiger partial charge in [-0.2, -0.15) is 26.3 Å². The van der Waals surface area contributed by atoms with E-state index in [0.29, 0.717) is 18.2 Å². The Morgan fingerprint density at radius 1 is 1.00 bits per heavy atom. The highest BCUT2D eigenvalue weighted by atomic mass is 35.5. The van der Waals surface area contributed by atoms with Gasteiger partial charge in [-0.15, -0.1) is 12.4 Å². The molecule has 1 atom stereocenters. The van der Waals surface area contributed by atoms with Gasteiger partial charge in [0, 0.05) is 12.6 Å². The predicted molar refractivity (Wildman–Crippen MR) is 59.7 cm³/mol. The number of halogens is 7. The zero-order chi connectivity index (χ0) is 14.1. The number of rotatable bonds is 2. The van der Waals surface area contributed by atoms with Gasteiger partial charge in [0.15, 0.2) is 0 Å². The summed E-state index contributed by atoms with van der Waals surface area (Å²) < 4.78 is 75.0. The minimum atomic E-state index is -4.77. The molecule has 0 radical (unpaired) electrons. The van der Waals surface area contributed by atoms with Crippen molar-refractivity contribution in [2.24, 2.45) is 11.5 Å². The Bertz CT molecular complexity index is 429. The first-order chi connectivity index (χ1) is 8.07. The quantitative estimate of drug-likeness (QED) is 0.825. The maximum absolute atomic E-state index is 12.6. The van der Waals surface area contributed by atoms with Gasteiger partial charge >= 0.3 is 12.4 Å². The lowest BCUT2D eigenvalue weighted by Gasteiger charge is -2.19. The van der Waals surface area contributed by atoms with Crippen molar-refractivity contribution in [3.8, 4) is 0 Å². The van der Waals surface area contributed by atoms with Gasteiger partial charge < -0.3 is 11.5 Å². The van der Waals surface area contributed by atoms with E-state index in [1.807, 2.05) is 0 Å². The van der Waals surface area contributed by atoms with Gasteiger partial charge in [0.1, 0.15) is 0 Å². The van der Waals surface area contributed by atoms with E-state index in [-0.39, 0.29) is 19.0 Å². The van der Waals surface area contributed by atoms with Crippen LogP contribution in [-0.4, -0.2) is 6.54 Å². The van der Waals surface area contributed by atoms with Crippen LogP contribution in [0.1, 0.15) is 22.7 Å². The zero-order valence-electron chi connectivity index (χ0n) is 9.35. The normalized spacial score (nSPS) is 13.9. The number of nitrogens with two attached hydrogens (primary N) is 2. The lowest BCUT2D eigenvalue weighted by molar-refractivity contribution is -0.142. The minimum absolute atomic E-state index is 0. The van der Waals surface area contributed by atoms with Gasteiger partial charge in [0.25, 0.3) is 0 Å². The maximum Gasteiger partial charge on any atom is 0.416 e. The van der Waals surface area contributed by atoms with Crippen molar-refractivity contribution in [1.82, 2.24) is 0 Å². The molecular formula is C10H11ClF6N2. The van der Waals surface area contributed by atoms with Gasteiger partial charge in [0.05, 0.1) is 11.1 Å². The van der Waals surface area contributed by atoms with Crippen LogP contribution in [0.15, 0.2) is 18.2 Å². The van der Waals surface area contributed by atoms with Crippen molar-refractivity contribution in [1.29, 1.82) is 0 Å². The summed E-state index contributed by atoms with van der Waals surface area (Å²) in [6.07, 6.45) is -9.50. The van der Waals surface area contributed by atoms with Crippen molar-refractivity contribution in [2.45, 2.75) is 18.4 Å². The van der Waals surface area contributed by atoms with Gasteiger partial charge in [-0.1, -0.05) is 0 Å². The summed E-state index contributed by atoms with van der Waals surface area (Å²) in [5.74, 6) is 0. The molecular weight excluding hydrogens is 298 g/mol. The average molecular weight is 309 g/mol. The molecule has 0 fully saturated rings. The van der Waals surface area contributed by atoms with Gasteiger partial charge in [-0.25, -0.2) is 0 Å². The molecule has 0 aliphatic carbocycles. The van der Waals surface area contributed by atoms with E-state index in [2.05, 4.69) is 0 Å². The summed E-state index contributed by atoms with van der Waals surface area (Å²) in [5.41, 5.74) is 7.37. The van der Waals surface area contributed by atoms with E-state index in [4.69, 9.17) is 11.5 Å². The first-order valence-corrected chi connectivity index (χ1v) is 4.81. The lowest BCUT2D eigenvalue weighted by Crippen LogP contribution is -2.25. The molecule has 0 saturated carbocycles. The van der Waals surface area contributed by atoms with Crippen molar-refractivity contribution in [3.63, 3.8) is 0 Å². The summed E-state index contributed by atoms with van der Waals surface area (Å²) in [4.78, 5) is 0. The average Bonchev–Trinajstić information content (AvgIpc) is 2.24. The Morgan fingerprint density at radius 2 is 1.53 bits per heavy atom. The molecule has 110 valence electrons. The lowest BCUT2D eigenvalue weighted by atomic mass is 9.97. The minimum Gasteiger partial charge on any atom is -0.329 e. The molecule has 0 unspecified atom stereocenters. The summed E-state index contributed by atoms with van der Waals surface area (Å²) in [5, 5.41) is 0. The second kappa shape index (κ2) is 5.98. The van der Waals surface area contributed by atoms with E-state index in [9.17, 15) is 26.3 Å². The van der Waals surface area contributed by atoms with Crippen molar-refractivity contribution in [2.75, 3.05) is 6.54 Å². The van der Waals surface area contributed by atoms with Crippen LogP contribution in [0.25, 0.3) is 0 Å². The van der Waals surface area contributed by atoms with Crippen molar-refractivity contribution >= 4 is 12.4 Å². The van der Waals surface area contributed by atoms with Crippen LogP contribution in [0.2, 0.25) is 0 Å². The van der Waals surface area contributed by atoms with Gasteiger partial charge in [-0.05, 0) is 23.8 Å². The van der Waals surface area contributed by atoms with Crippen molar-refractivity contribution < 1.29 is 26.3 Å². The highest BCUT2D eigenvalue weighted by molar-refractivity contribution is 5.85. The molecule has 0 aliphatic heterocycles. The molecule has 19 heavy (non-hydrogen) atoms. The second-order valence-corrected chi connectivity index (χ2v) is 3.64. The molecule has 1 rings (SSSR count). The fraction of sp³-hybridized carbons (Fsp3) is 0.400. The van der Waals surface area contributed by atoms with Crippen LogP contribution in [0, 0.1) is 0 Å². The Kier molecular flexibility index (Phi) is 5.66. The fourth-order valence-electron chi connectivity index (χ4n) is 1.43. The molecule has 4 N–H and O–H groups in total. The summed E-state index contributed by atoms with van der Waals surface area (Å²) in [6.45, 7) is -0.385. The largest absolute Gasteiger partial charge is 0.416 e. The smallest absolute Gasteiger partial charge is 0.329 e. The van der Waals surface area contributed by atoms with Crippen LogP contribution in [0.5, 0.6) is 0 Å². The number of alkyl halides is 6. The first kappa shape index (κ1) is 18.0. The van der Waals surface area contributed by atoms with Crippen molar-refractivity contribution in [3.05, 3.63) is 34.9 Å². The zero-order valence-corrected chi connectivity index (χ0v) is 10.2.